The molecule has 1 saturated heterocycles. The van der Waals surface area contributed by atoms with Crippen LogP contribution in [0.5, 0.6) is 5.75 Å². The van der Waals surface area contributed by atoms with Crippen molar-refractivity contribution in [1.82, 2.24) is 14.7 Å². The van der Waals surface area contributed by atoms with Gasteiger partial charge in [0.2, 0.25) is 0 Å². The lowest BCUT2D eigenvalue weighted by molar-refractivity contribution is 0.137. The maximum absolute atomic E-state index is 10.9. The first-order chi connectivity index (χ1) is 12.6. The molecular formula is C18H24N4O4. The van der Waals surface area contributed by atoms with Crippen molar-refractivity contribution in [2.75, 3.05) is 44.8 Å². The average molecular weight is 360 g/mol. The molecule has 0 radical (unpaired) electrons. The molecule has 26 heavy (non-hydrogen) atoms. The minimum atomic E-state index is -1.10. The molecule has 140 valence electrons. The predicted octanol–water partition coefficient (Wildman–Crippen LogP) is 2.28. The molecule has 2 N–H and O–H groups in total. The van der Waals surface area contributed by atoms with Gasteiger partial charge in [-0.3, -0.25) is 14.9 Å². The van der Waals surface area contributed by atoms with Gasteiger partial charge in [-0.25, -0.2) is 4.79 Å². The molecule has 0 bridgehead atoms. The van der Waals surface area contributed by atoms with E-state index in [0.29, 0.717) is 18.0 Å². The monoisotopic (exact) mass is 360 g/mol. The second-order valence-corrected chi connectivity index (χ2v) is 6.14. The second kappa shape index (κ2) is 8.68. The Morgan fingerprint density at radius 3 is 3.00 bits per heavy atom. The molecule has 2 aromatic rings. The Balaban J connectivity index is 1.72. The van der Waals surface area contributed by atoms with E-state index < -0.39 is 6.09 Å². The van der Waals surface area contributed by atoms with Gasteiger partial charge in [0.05, 0.1) is 12.3 Å². The third kappa shape index (κ3) is 4.74. The average Bonchev–Trinajstić information content (AvgIpc) is 2.87. The van der Waals surface area contributed by atoms with Crippen LogP contribution in [0.2, 0.25) is 0 Å². The number of aromatic nitrogens is 2. The summed E-state index contributed by atoms with van der Waals surface area (Å²) in [7, 11) is 1.84. The summed E-state index contributed by atoms with van der Waals surface area (Å²) in [4.78, 5) is 13.2. The fraction of sp³-hybridized carbons (Fsp3) is 0.444. The smallest absolute Gasteiger partial charge is 0.409 e. The lowest BCUT2D eigenvalue weighted by Crippen LogP contribution is -2.30. The highest BCUT2D eigenvalue weighted by atomic mass is 16.5. The molecule has 0 unspecified atom stereocenters. The van der Waals surface area contributed by atoms with Crippen LogP contribution in [0, 0.1) is 0 Å². The van der Waals surface area contributed by atoms with Crippen molar-refractivity contribution >= 4 is 11.8 Å². The summed E-state index contributed by atoms with van der Waals surface area (Å²) in [5.74, 6) is 0.704. The van der Waals surface area contributed by atoms with E-state index in [1.807, 2.05) is 13.1 Å². The fourth-order valence-corrected chi connectivity index (χ4v) is 3.00. The molecule has 1 aromatic carbocycles. The van der Waals surface area contributed by atoms with Gasteiger partial charge in [0.25, 0.3) is 0 Å². The van der Waals surface area contributed by atoms with Gasteiger partial charge in [-0.2, -0.15) is 5.10 Å². The molecule has 1 aromatic heterocycles. The van der Waals surface area contributed by atoms with E-state index in [0.717, 1.165) is 50.5 Å². The van der Waals surface area contributed by atoms with E-state index in [1.165, 1.54) is 0 Å². The van der Waals surface area contributed by atoms with Crippen LogP contribution in [-0.4, -0.2) is 65.3 Å². The van der Waals surface area contributed by atoms with Crippen LogP contribution < -0.4 is 10.1 Å². The largest absolute Gasteiger partial charge is 0.492 e. The Labute approximate surface area is 152 Å². The van der Waals surface area contributed by atoms with E-state index in [9.17, 15) is 4.79 Å². The number of ether oxygens (including phenoxy) is 2. The highest BCUT2D eigenvalue weighted by Crippen LogP contribution is 2.32. The highest BCUT2D eigenvalue weighted by molar-refractivity contribution is 5.85. The Morgan fingerprint density at radius 1 is 1.35 bits per heavy atom. The lowest BCUT2D eigenvalue weighted by Gasteiger charge is -2.20. The first-order valence-electron chi connectivity index (χ1n) is 8.69. The first-order valence-corrected chi connectivity index (χ1v) is 8.69. The van der Waals surface area contributed by atoms with Crippen LogP contribution in [-0.2, 0) is 11.8 Å². The summed E-state index contributed by atoms with van der Waals surface area (Å²) in [5.41, 5.74) is 2.15. The van der Waals surface area contributed by atoms with Crippen LogP contribution in [0.3, 0.4) is 0 Å². The maximum atomic E-state index is 10.9. The third-order valence-corrected chi connectivity index (χ3v) is 4.31. The topological polar surface area (TPSA) is 88.9 Å². The normalized spacial score (nSPS) is 15.4. The quantitative estimate of drug-likeness (QED) is 0.822. The summed E-state index contributed by atoms with van der Waals surface area (Å²) >= 11 is 0. The van der Waals surface area contributed by atoms with Crippen molar-refractivity contribution in [2.24, 2.45) is 7.05 Å². The predicted molar refractivity (Wildman–Crippen MR) is 97.7 cm³/mol. The van der Waals surface area contributed by atoms with E-state index in [2.05, 4.69) is 15.3 Å². The van der Waals surface area contributed by atoms with Gasteiger partial charge in [-0.1, -0.05) is 0 Å². The summed E-state index contributed by atoms with van der Waals surface area (Å²) in [6.07, 6.45) is 1.64. The first kappa shape index (κ1) is 18.2. The Bertz CT molecular complexity index is 739. The molecule has 3 rings (SSSR count). The number of hydrogen-bond acceptors (Lipinski definition) is 5. The number of carboxylic acid groups (broad SMARTS) is 1. The molecule has 0 spiro atoms. The molecule has 0 saturated carbocycles. The van der Waals surface area contributed by atoms with E-state index in [1.54, 1.807) is 29.1 Å². The summed E-state index contributed by atoms with van der Waals surface area (Å²) in [6, 6.07) is 7.13. The van der Waals surface area contributed by atoms with Gasteiger partial charge < -0.3 is 14.6 Å². The van der Waals surface area contributed by atoms with Crippen LogP contribution in [0.15, 0.2) is 30.5 Å². The number of aryl methyl sites for hydroxylation is 1. The van der Waals surface area contributed by atoms with Crippen molar-refractivity contribution in [3.63, 3.8) is 0 Å². The molecule has 2 heterocycles. The Morgan fingerprint density at radius 2 is 2.23 bits per heavy atom. The zero-order chi connectivity index (χ0) is 18.4. The SMILES string of the molecule is Cn1nccc1-c1cc(NC(=O)O)ccc1OCCN1CCCOCC1. The molecule has 1 aliphatic rings. The summed E-state index contributed by atoms with van der Waals surface area (Å²) < 4.78 is 13.2. The molecule has 1 aliphatic heterocycles. The summed E-state index contributed by atoms with van der Waals surface area (Å²) in [5, 5.41) is 15.5. The number of carbonyl (C=O) groups is 1. The van der Waals surface area contributed by atoms with Crippen molar-refractivity contribution in [2.45, 2.75) is 6.42 Å². The lowest BCUT2D eigenvalue weighted by atomic mass is 10.1. The van der Waals surface area contributed by atoms with Crippen LogP contribution in [0.1, 0.15) is 6.42 Å². The zero-order valence-corrected chi connectivity index (χ0v) is 14.9. The third-order valence-electron chi connectivity index (χ3n) is 4.31. The standard InChI is InChI=1S/C18H24N4O4/c1-21-16(5-6-19-21)15-13-14(20-18(23)24)3-4-17(15)26-12-9-22-7-2-10-25-11-8-22/h3-6,13,20H,2,7-12H2,1H3,(H,23,24). The molecule has 1 fully saturated rings. The number of benzene rings is 1. The number of hydrogen-bond donors (Lipinski definition) is 2. The van der Waals surface area contributed by atoms with E-state index in [-0.39, 0.29) is 0 Å². The molecule has 0 atom stereocenters. The second-order valence-electron chi connectivity index (χ2n) is 6.14. The van der Waals surface area contributed by atoms with Gasteiger partial charge in [-0.05, 0) is 30.7 Å². The number of nitrogens with one attached hydrogen (secondary N) is 1. The van der Waals surface area contributed by atoms with Gasteiger partial charge in [0.15, 0.2) is 0 Å². The maximum Gasteiger partial charge on any atom is 0.409 e. The van der Waals surface area contributed by atoms with Crippen LogP contribution >= 0.6 is 0 Å². The number of anilines is 1. The van der Waals surface area contributed by atoms with E-state index in [4.69, 9.17) is 14.6 Å². The van der Waals surface area contributed by atoms with Crippen molar-refractivity contribution in [1.29, 1.82) is 0 Å². The minimum absolute atomic E-state index is 0.491. The number of nitrogens with zero attached hydrogens (tertiary/aromatic N) is 3. The summed E-state index contributed by atoms with van der Waals surface area (Å²) in [6.45, 7) is 4.88. The molecule has 0 aliphatic carbocycles. The molecular weight excluding hydrogens is 336 g/mol. The van der Waals surface area contributed by atoms with Gasteiger partial charge in [0, 0.05) is 50.7 Å². The van der Waals surface area contributed by atoms with Gasteiger partial charge in [0.1, 0.15) is 12.4 Å². The Kier molecular flexibility index (Phi) is 6.08. The highest BCUT2D eigenvalue weighted by Gasteiger charge is 2.14. The van der Waals surface area contributed by atoms with Gasteiger partial charge in [-0.15, -0.1) is 0 Å². The zero-order valence-electron chi connectivity index (χ0n) is 14.9. The molecule has 8 nitrogen and oxygen atoms in total. The molecule has 8 heteroatoms. The molecule has 1 amide bonds. The minimum Gasteiger partial charge on any atom is -0.492 e. The Hall–Kier alpha value is -2.58. The van der Waals surface area contributed by atoms with Crippen molar-refractivity contribution in [3.8, 4) is 17.0 Å². The van der Waals surface area contributed by atoms with Crippen LogP contribution in [0.4, 0.5) is 10.5 Å². The fourth-order valence-electron chi connectivity index (χ4n) is 3.00. The van der Waals surface area contributed by atoms with Crippen molar-refractivity contribution < 1.29 is 19.4 Å². The number of rotatable bonds is 6. The van der Waals surface area contributed by atoms with Crippen LogP contribution in [0.25, 0.3) is 11.3 Å². The number of amides is 1. The van der Waals surface area contributed by atoms with Gasteiger partial charge >= 0.3 is 6.09 Å². The van der Waals surface area contributed by atoms with E-state index >= 15 is 0 Å². The van der Waals surface area contributed by atoms with Crippen molar-refractivity contribution in [3.05, 3.63) is 30.5 Å².